The molecule has 0 bridgehead atoms. The Morgan fingerprint density at radius 2 is 1.79 bits per heavy atom. The summed E-state index contributed by atoms with van der Waals surface area (Å²) in [6.07, 6.45) is 1.64. The summed E-state index contributed by atoms with van der Waals surface area (Å²) < 4.78 is 44.0. The van der Waals surface area contributed by atoms with Crippen LogP contribution in [-0.4, -0.2) is 49.3 Å². The lowest BCUT2D eigenvalue weighted by atomic mass is 9.69. The van der Waals surface area contributed by atoms with Crippen molar-refractivity contribution in [2.75, 3.05) is 6.61 Å². The van der Waals surface area contributed by atoms with Crippen molar-refractivity contribution in [1.29, 1.82) is 0 Å². The summed E-state index contributed by atoms with van der Waals surface area (Å²) >= 11 is 14.8. The first-order valence-corrected chi connectivity index (χ1v) is 14.2. The Morgan fingerprint density at radius 3 is 2.37 bits per heavy atom. The fourth-order valence-electron chi connectivity index (χ4n) is 5.62. The van der Waals surface area contributed by atoms with E-state index in [1.54, 1.807) is 0 Å². The molecule has 0 spiro atoms. The normalized spacial score (nSPS) is 25.3. The third-order valence-electron chi connectivity index (χ3n) is 7.44. The van der Waals surface area contributed by atoms with Crippen LogP contribution >= 0.6 is 34.5 Å². The predicted molar refractivity (Wildman–Crippen MR) is 137 cm³/mol. The molecule has 0 amide bonds. The standard InChI is InChI=1S/C24H29Cl2F3N4O4S/c1-23(2,17-14(25)8-13(9-15(17)26)33-22(36)31-16(34)10-30-33)21-32-18(12-6-4-3-5-7-12)19(38-21)20(35)37-11-24(27,28)29/h10,12-15,17H,3-9,11H2,1-2H3,(H,31,34,36). The Morgan fingerprint density at radius 1 is 1.16 bits per heavy atom. The van der Waals surface area contributed by atoms with Gasteiger partial charge in [0.25, 0.3) is 5.56 Å². The maximum atomic E-state index is 12.8. The second kappa shape index (κ2) is 11.3. The molecular formula is C24H29Cl2F3N4O4S. The van der Waals surface area contributed by atoms with Gasteiger partial charge in [-0.2, -0.15) is 18.3 Å². The minimum absolute atomic E-state index is 0.0366. The van der Waals surface area contributed by atoms with E-state index in [9.17, 15) is 27.6 Å². The molecule has 8 nitrogen and oxygen atoms in total. The van der Waals surface area contributed by atoms with Crippen molar-refractivity contribution in [3.63, 3.8) is 0 Å². The van der Waals surface area contributed by atoms with E-state index in [2.05, 4.69) is 14.8 Å². The SMILES string of the molecule is CC(C)(c1nc(C2CCCCC2)c(C(=O)OCC(F)(F)F)s1)C1C(Cl)CC(n2ncc(=O)[nH]c2=O)CC1Cl. The van der Waals surface area contributed by atoms with Gasteiger partial charge < -0.3 is 4.74 Å². The second-order valence-corrected chi connectivity index (χ2v) is 12.7. The molecule has 2 heterocycles. The van der Waals surface area contributed by atoms with Crippen molar-refractivity contribution in [2.24, 2.45) is 5.92 Å². The van der Waals surface area contributed by atoms with Crippen molar-refractivity contribution in [1.82, 2.24) is 19.7 Å². The Kier molecular flexibility index (Phi) is 8.64. The van der Waals surface area contributed by atoms with Crippen LogP contribution in [0.5, 0.6) is 0 Å². The third-order valence-corrected chi connectivity index (χ3v) is 9.73. The molecule has 4 rings (SSSR count). The topological polar surface area (TPSA) is 107 Å². The molecule has 2 atom stereocenters. The van der Waals surface area contributed by atoms with Gasteiger partial charge in [0, 0.05) is 28.0 Å². The van der Waals surface area contributed by atoms with Crippen LogP contribution in [0.15, 0.2) is 15.8 Å². The van der Waals surface area contributed by atoms with E-state index in [0.717, 1.165) is 49.6 Å². The molecule has 210 valence electrons. The number of esters is 1. The van der Waals surface area contributed by atoms with Gasteiger partial charge in [-0.1, -0.05) is 33.1 Å². The summed E-state index contributed by atoms with van der Waals surface area (Å²) in [6.45, 7) is 2.14. The lowest BCUT2D eigenvalue weighted by Gasteiger charge is -2.44. The number of alkyl halides is 5. The average molecular weight is 597 g/mol. The number of ether oxygens (including phenoxy) is 1. The molecule has 2 saturated carbocycles. The number of nitrogens with one attached hydrogen (secondary N) is 1. The molecule has 0 aliphatic heterocycles. The van der Waals surface area contributed by atoms with Crippen LogP contribution in [0.2, 0.25) is 0 Å². The Bertz CT molecular complexity index is 1260. The minimum Gasteiger partial charge on any atom is -0.452 e. The highest BCUT2D eigenvalue weighted by Gasteiger charge is 2.48. The number of hydrogen-bond acceptors (Lipinski definition) is 7. The Hall–Kier alpha value is -1.92. The maximum Gasteiger partial charge on any atom is 0.422 e. The number of halogens is 5. The van der Waals surface area contributed by atoms with Crippen molar-refractivity contribution in [3.05, 3.63) is 42.6 Å². The maximum absolute atomic E-state index is 12.8. The first-order chi connectivity index (χ1) is 17.8. The number of H-pyrrole nitrogens is 1. The molecule has 38 heavy (non-hydrogen) atoms. The van der Waals surface area contributed by atoms with Crippen molar-refractivity contribution < 1.29 is 22.7 Å². The molecule has 2 aliphatic carbocycles. The molecule has 2 aliphatic rings. The van der Waals surface area contributed by atoms with E-state index in [4.69, 9.17) is 28.2 Å². The number of rotatable bonds is 6. The highest BCUT2D eigenvalue weighted by atomic mass is 35.5. The van der Waals surface area contributed by atoms with E-state index in [1.807, 2.05) is 13.8 Å². The molecule has 2 unspecified atom stereocenters. The van der Waals surface area contributed by atoms with Crippen LogP contribution in [0.3, 0.4) is 0 Å². The van der Waals surface area contributed by atoms with E-state index < -0.39 is 52.2 Å². The lowest BCUT2D eigenvalue weighted by Crippen LogP contribution is -2.48. The summed E-state index contributed by atoms with van der Waals surface area (Å²) in [5.74, 6) is -1.41. The quantitative estimate of drug-likeness (QED) is 0.358. The van der Waals surface area contributed by atoms with Crippen LogP contribution in [0, 0.1) is 5.92 Å². The van der Waals surface area contributed by atoms with Gasteiger partial charge in [0.2, 0.25) is 0 Å². The molecule has 2 aromatic heterocycles. The van der Waals surface area contributed by atoms with Gasteiger partial charge in [-0.05, 0) is 25.7 Å². The van der Waals surface area contributed by atoms with Crippen LogP contribution < -0.4 is 11.2 Å². The highest BCUT2D eigenvalue weighted by Crippen LogP contribution is 2.49. The molecule has 0 aromatic carbocycles. The van der Waals surface area contributed by atoms with Gasteiger partial charge in [0.1, 0.15) is 11.1 Å². The number of aromatic nitrogens is 4. The number of carbonyl (C=O) groups excluding carboxylic acids is 1. The molecule has 14 heteroatoms. The zero-order valence-corrected chi connectivity index (χ0v) is 23.2. The minimum atomic E-state index is -4.63. The largest absolute Gasteiger partial charge is 0.452 e. The van der Waals surface area contributed by atoms with Crippen molar-refractivity contribution in [3.8, 4) is 0 Å². The van der Waals surface area contributed by atoms with Crippen LogP contribution in [0.1, 0.15) is 91.1 Å². The zero-order chi connectivity index (χ0) is 27.8. The Balaban J connectivity index is 1.63. The fourth-order valence-corrected chi connectivity index (χ4v) is 8.29. The Labute approximate surface area is 230 Å². The average Bonchev–Trinajstić information content (AvgIpc) is 3.29. The molecule has 0 radical (unpaired) electrons. The third kappa shape index (κ3) is 6.28. The van der Waals surface area contributed by atoms with Crippen LogP contribution in [0.4, 0.5) is 13.2 Å². The van der Waals surface area contributed by atoms with Gasteiger partial charge in [0.15, 0.2) is 6.61 Å². The van der Waals surface area contributed by atoms with Gasteiger partial charge in [-0.3, -0.25) is 9.78 Å². The van der Waals surface area contributed by atoms with Crippen LogP contribution in [0.25, 0.3) is 0 Å². The molecule has 1 N–H and O–H groups in total. The summed E-state index contributed by atoms with van der Waals surface area (Å²) in [4.78, 5) is 43.6. The monoisotopic (exact) mass is 596 g/mol. The number of nitrogens with zero attached hydrogens (tertiary/aromatic N) is 3. The van der Waals surface area contributed by atoms with Gasteiger partial charge >= 0.3 is 17.8 Å². The predicted octanol–water partition coefficient (Wildman–Crippen LogP) is 5.30. The zero-order valence-electron chi connectivity index (χ0n) is 20.9. The second-order valence-electron chi connectivity index (χ2n) is 10.5. The van der Waals surface area contributed by atoms with E-state index in [0.29, 0.717) is 23.5 Å². The first-order valence-electron chi connectivity index (χ1n) is 12.5. The van der Waals surface area contributed by atoms with Crippen LogP contribution in [-0.2, 0) is 10.2 Å². The van der Waals surface area contributed by atoms with Gasteiger partial charge in [0.05, 0.1) is 16.7 Å². The number of carbonyl (C=O) groups is 1. The molecule has 2 aromatic rings. The number of hydrogen-bond donors (Lipinski definition) is 1. The molecule has 0 saturated heterocycles. The number of aromatic amines is 1. The fraction of sp³-hybridized carbons (Fsp3) is 0.708. The smallest absolute Gasteiger partial charge is 0.422 e. The van der Waals surface area contributed by atoms with E-state index in [-0.39, 0.29) is 16.7 Å². The van der Waals surface area contributed by atoms with E-state index >= 15 is 0 Å². The lowest BCUT2D eigenvalue weighted by molar-refractivity contribution is -0.161. The summed E-state index contributed by atoms with van der Waals surface area (Å²) in [6, 6.07) is -0.432. The summed E-state index contributed by atoms with van der Waals surface area (Å²) in [5, 5.41) is 3.45. The molecule has 2 fully saturated rings. The summed E-state index contributed by atoms with van der Waals surface area (Å²) in [5.41, 5.74) is -1.51. The molecular weight excluding hydrogens is 568 g/mol. The van der Waals surface area contributed by atoms with Crippen molar-refractivity contribution >= 4 is 40.5 Å². The van der Waals surface area contributed by atoms with Gasteiger partial charge in [-0.25, -0.2) is 19.3 Å². The van der Waals surface area contributed by atoms with Gasteiger partial charge in [-0.15, -0.1) is 34.5 Å². The number of thiazole rings is 1. The highest BCUT2D eigenvalue weighted by molar-refractivity contribution is 7.13. The van der Waals surface area contributed by atoms with E-state index in [1.165, 1.54) is 4.68 Å². The first kappa shape index (κ1) is 29.1. The summed E-state index contributed by atoms with van der Waals surface area (Å²) in [7, 11) is 0. The van der Waals surface area contributed by atoms with Crippen molar-refractivity contribution in [2.45, 2.75) is 93.1 Å².